The molecule has 18 heavy (non-hydrogen) atoms. The average molecular weight is 257 g/mol. The van der Waals surface area contributed by atoms with Gasteiger partial charge in [-0.2, -0.15) is 0 Å². The molecule has 2 aliphatic heterocycles. The molecule has 1 N–H and O–H groups in total. The van der Waals surface area contributed by atoms with Crippen LogP contribution in [0.15, 0.2) is 18.2 Å². The van der Waals surface area contributed by atoms with E-state index in [1.165, 1.54) is 6.07 Å². The van der Waals surface area contributed by atoms with Gasteiger partial charge in [-0.3, -0.25) is 0 Å². The molecule has 0 amide bonds. The van der Waals surface area contributed by atoms with Crippen molar-refractivity contribution in [3.05, 3.63) is 23.8 Å². The molecule has 1 unspecified atom stereocenters. The highest BCUT2D eigenvalue weighted by atomic mass is 19.3. The molecule has 1 fully saturated rings. The molecule has 2 aliphatic rings. The standard InChI is InChI=1S/C12H13F2NO3/c13-12(14)17-10-2-1-8(6-11(10)18-12)5-9-7-16-4-3-15-9/h1-2,6,9,15H,3-5,7H2. The molecule has 0 spiro atoms. The Bertz CT molecular complexity index is 447. The van der Waals surface area contributed by atoms with Crippen molar-refractivity contribution in [1.29, 1.82) is 0 Å². The van der Waals surface area contributed by atoms with Gasteiger partial charge in [0.05, 0.1) is 13.2 Å². The summed E-state index contributed by atoms with van der Waals surface area (Å²) < 4.78 is 39.8. The summed E-state index contributed by atoms with van der Waals surface area (Å²) in [6, 6.07) is 5.07. The number of halogens is 2. The quantitative estimate of drug-likeness (QED) is 0.872. The second-order valence-corrected chi connectivity index (χ2v) is 4.38. The highest BCUT2D eigenvalue weighted by molar-refractivity contribution is 5.45. The number of alkyl halides is 2. The number of hydrogen-bond acceptors (Lipinski definition) is 4. The third-order valence-corrected chi connectivity index (χ3v) is 2.95. The Morgan fingerprint density at radius 3 is 2.89 bits per heavy atom. The first kappa shape index (κ1) is 11.7. The van der Waals surface area contributed by atoms with Gasteiger partial charge in [0.25, 0.3) is 0 Å². The molecule has 3 rings (SSSR count). The van der Waals surface area contributed by atoms with Crippen LogP contribution >= 0.6 is 0 Å². The van der Waals surface area contributed by atoms with E-state index in [1.807, 2.05) is 0 Å². The fourth-order valence-corrected chi connectivity index (χ4v) is 2.16. The molecule has 1 aromatic rings. The van der Waals surface area contributed by atoms with E-state index in [4.69, 9.17) is 4.74 Å². The monoisotopic (exact) mass is 257 g/mol. The highest BCUT2D eigenvalue weighted by Crippen LogP contribution is 2.41. The summed E-state index contributed by atoms with van der Waals surface area (Å²) in [5.74, 6) is 0.172. The van der Waals surface area contributed by atoms with Gasteiger partial charge >= 0.3 is 6.29 Å². The van der Waals surface area contributed by atoms with E-state index in [1.54, 1.807) is 12.1 Å². The summed E-state index contributed by atoms with van der Waals surface area (Å²) in [7, 11) is 0. The highest BCUT2D eigenvalue weighted by Gasteiger charge is 2.43. The summed E-state index contributed by atoms with van der Waals surface area (Å²) in [5.41, 5.74) is 0.915. The Hall–Kier alpha value is -1.40. The van der Waals surface area contributed by atoms with Gasteiger partial charge in [-0.15, -0.1) is 8.78 Å². The van der Waals surface area contributed by atoms with Crippen molar-refractivity contribution in [2.75, 3.05) is 19.8 Å². The third kappa shape index (κ3) is 2.39. The third-order valence-electron chi connectivity index (χ3n) is 2.95. The molecule has 98 valence electrons. The predicted molar refractivity (Wildman–Crippen MR) is 59.0 cm³/mol. The van der Waals surface area contributed by atoms with Crippen molar-refractivity contribution in [2.45, 2.75) is 18.8 Å². The number of morpholine rings is 1. The molecule has 6 heteroatoms. The zero-order valence-corrected chi connectivity index (χ0v) is 9.62. The molecule has 4 nitrogen and oxygen atoms in total. The number of rotatable bonds is 2. The van der Waals surface area contributed by atoms with E-state index < -0.39 is 6.29 Å². The second kappa shape index (κ2) is 4.37. The van der Waals surface area contributed by atoms with Gasteiger partial charge in [-0.05, 0) is 24.1 Å². The van der Waals surface area contributed by atoms with Crippen molar-refractivity contribution in [3.63, 3.8) is 0 Å². The number of fused-ring (bicyclic) bond motifs is 1. The van der Waals surface area contributed by atoms with Crippen LogP contribution in [0.25, 0.3) is 0 Å². The minimum absolute atomic E-state index is 0.0802. The van der Waals surface area contributed by atoms with Crippen LogP contribution in [-0.2, 0) is 11.2 Å². The number of hydrogen-bond donors (Lipinski definition) is 1. The Labute approximate surface area is 103 Å². The second-order valence-electron chi connectivity index (χ2n) is 4.38. The molecular weight excluding hydrogens is 244 g/mol. The van der Waals surface area contributed by atoms with Crippen LogP contribution in [0.2, 0.25) is 0 Å². The number of nitrogens with one attached hydrogen (secondary N) is 1. The Balaban J connectivity index is 1.71. The molecular formula is C12H13F2NO3. The minimum Gasteiger partial charge on any atom is -0.395 e. The maximum absolute atomic E-state index is 12.9. The summed E-state index contributed by atoms with van der Waals surface area (Å²) in [5, 5.41) is 3.31. The van der Waals surface area contributed by atoms with E-state index in [0.717, 1.165) is 12.1 Å². The number of ether oxygens (including phenoxy) is 3. The zero-order valence-electron chi connectivity index (χ0n) is 9.62. The summed E-state index contributed by atoms with van der Waals surface area (Å²) in [4.78, 5) is 0. The number of benzene rings is 1. The Morgan fingerprint density at radius 2 is 2.11 bits per heavy atom. The van der Waals surface area contributed by atoms with E-state index >= 15 is 0 Å². The summed E-state index contributed by atoms with van der Waals surface area (Å²) in [6.07, 6.45) is -2.84. The average Bonchev–Trinajstić information content (AvgIpc) is 2.63. The van der Waals surface area contributed by atoms with Gasteiger partial charge in [0, 0.05) is 12.6 Å². The fourth-order valence-electron chi connectivity index (χ4n) is 2.16. The first-order chi connectivity index (χ1) is 8.62. The van der Waals surface area contributed by atoms with Crippen molar-refractivity contribution < 1.29 is 23.0 Å². The van der Waals surface area contributed by atoms with E-state index in [9.17, 15) is 8.78 Å². The van der Waals surface area contributed by atoms with E-state index in [-0.39, 0.29) is 17.5 Å². The van der Waals surface area contributed by atoms with Crippen molar-refractivity contribution in [2.24, 2.45) is 0 Å². The van der Waals surface area contributed by atoms with Crippen LogP contribution in [0.3, 0.4) is 0 Å². The topological polar surface area (TPSA) is 39.7 Å². The lowest BCUT2D eigenvalue weighted by atomic mass is 10.1. The first-order valence-corrected chi connectivity index (χ1v) is 5.82. The lowest BCUT2D eigenvalue weighted by molar-refractivity contribution is -0.286. The van der Waals surface area contributed by atoms with Gasteiger partial charge in [0.2, 0.25) is 0 Å². The van der Waals surface area contributed by atoms with Gasteiger partial charge in [0.15, 0.2) is 11.5 Å². The normalized spacial score (nSPS) is 25.1. The van der Waals surface area contributed by atoms with Crippen molar-refractivity contribution in [3.8, 4) is 11.5 Å². The van der Waals surface area contributed by atoms with Crippen LogP contribution in [0.1, 0.15) is 5.56 Å². The maximum atomic E-state index is 12.9. The van der Waals surface area contributed by atoms with Gasteiger partial charge in [-0.25, -0.2) is 0 Å². The summed E-state index contributed by atoms with van der Waals surface area (Å²) in [6.45, 7) is 2.15. The van der Waals surface area contributed by atoms with Crippen molar-refractivity contribution >= 4 is 0 Å². The lowest BCUT2D eigenvalue weighted by Crippen LogP contribution is -2.42. The van der Waals surface area contributed by atoms with Gasteiger partial charge in [-0.1, -0.05) is 6.07 Å². The van der Waals surface area contributed by atoms with Crippen LogP contribution in [0.5, 0.6) is 11.5 Å². The lowest BCUT2D eigenvalue weighted by Gasteiger charge is -2.23. The van der Waals surface area contributed by atoms with E-state index in [2.05, 4.69) is 14.8 Å². The molecule has 1 aromatic carbocycles. The molecule has 2 heterocycles. The van der Waals surface area contributed by atoms with Crippen molar-refractivity contribution in [1.82, 2.24) is 5.32 Å². The Kier molecular flexibility index (Phi) is 2.83. The molecule has 0 saturated carbocycles. The molecule has 1 saturated heterocycles. The molecule has 0 aliphatic carbocycles. The van der Waals surface area contributed by atoms with Crippen LogP contribution in [0.4, 0.5) is 8.78 Å². The van der Waals surface area contributed by atoms with Crippen LogP contribution in [0, 0.1) is 0 Å². The summed E-state index contributed by atoms with van der Waals surface area (Å²) >= 11 is 0. The van der Waals surface area contributed by atoms with E-state index in [0.29, 0.717) is 19.6 Å². The predicted octanol–water partition coefficient (Wildman–Crippen LogP) is 1.54. The largest absolute Gasteiger partial charge is 0.586 e. The van der Waals surface area contributed by atoms with Gasteiger partial charge < -0.3 is 19.5 Å². The van der Waals surface area contributed by atoms with Crippen LogP contribution in [-0.4, -0.2) is 32.1 Å². The SMILES string of the molecule is FC1(F)Oc2ccc(CC3COCCN3)cc2O1. The first-order valence-electron chi connectivity index (χ1n) is 5.82. The Morgan fingerprint density at radius 1 is 1.28 bits per heavy atom. The smallest absolute Gasteiger partial charge is 0.395 e. The molecule has 0 radical (unpaired) electrons. The molecule has 1 atom stereocenters. The van der Waals surface area contributed by atoms with Crippen LogP contribution < -0.4 is 14.8 Å². The fraction of sp³-hybridized carbons (Fsp3) is 0.500. The van der Waals surface area contributed by atoms with Gasteiger partial charge in [0.1, 0.15) is 0 Å². The minimum atomic E-state index is -3.55. The molecule has 0 aromatic heterocycles. The zero-order chi connectivity index (χ0) is 12.6. The maximum Gasteiger partial charge on any atom is 0.586 e. The molecule has 0 bridgehead atoms.